The van der Waals surface area contributed by atoms with Gasteiger partial charge in [0, 0.05) is 22.2 Å². The lowest BCUT2D eigenvalue weighted by atomic mass is 10.2. The van der Waals surface area contributed by atoms with Crippen molar-refractivity contribution in [1.82, 2.24) is 5.43 Å². The molecule has 0 aliphatic rings. The van der Waals surface area contributed by atoms with Crippen molar-refractivity contribution in [3.63, 3.8) is 0 Å². The van der Waals surface area contributed by atoms with Crippen molar-refractivity contribution < 1.29 is 4.92 Å². The van der Waals surface area contributed by atoms with E-state index in [1.54, 1.807) is 6.07 Å². The Hall–Kier alpha value is -1.54. The Balaban J connectivity index is 2.87. The SMILES string of the molecule is NC(=S)NN=Cc1ccc([N+](=O)[O-])cc1Br. The molecule has 0 heterocycles. The number of benzene rings is 1. The van der Waals surface area contributed by atoms with Gasteiger partial charge in [-0.1, -0.05) is 0 Å². The number of non-ortho nitro benzene ring substituents is 1. The molecule has 8 heteroatoms. The Labute approximate surface area is 105 Å². The second-order valence-electron chi connectivity index (χ2n) is 2.70. The number of hydrazone groups is 1. The highest BCUT2D eigenvalue weighted by Gasteiger charge is 2.07. The van der Waals surface area contributed by atoms with Gasteiger partial charge < -0.3 is 5.73 Å². The van der Waals surface area contributed by atoms with Crippen molar-refractivity contribution in [2.45, 2.75) is 0 Å². The Morgan fingerprint density at radius 3 is 2.88 bits per heavy atom. The summed E-state index contributed by atoms with van der Waals surface area (Å²) in [6, 6.07) is 4.34. The molecule has 0 unspecified atom stereocenters. The number of nitro groups is 1. The van der Waals surface area contributed by atoms with Crippen LogP contribution in [-0.2, 0) is 0 Å². The molecule has 0 fully saturated rings. The van der Waals surface area contributed by atoms with Gasteiger partial charge in [-0.3, -0.25) is 15.5 Å². The molecule has 0 atom stereocenters. The van der Waals surface area contributed by atoms with Gasteiger partial charge in [0.25, 0.3) is 5.69 Å². The third-order valence-electron chi connectivity index (χ3n) is 1.57. The molecule has 0 radical (unpaired) electrons. The minimum Gasteiger partial charge on any atom is -0.375 e. The molecule has 1 rings (SSSR count). The molecule has 0 amide bonds. The molecule has 0 spiro atoms. The molecule has 6 nitrogen and oxygen atoms in total. The van der Waals surface area contributed by atoms with Crippen molar-refractivity contribution in [3.8, 4) is 0 Å². The highest BCUT2D eigenvalue weighted by molar-refractivity contribution is 9.10. The van der Waals surface area contributed by atoms with E-state index >= 15 is 0 Å². The average Bonchev–Trinajstić information content (AvgIpc) is 2.19. The second kappa shape index (κ2) is 5.52. The Kier molecular flexibility index (Phi) is 4.32. The molecule has 3 N–H and O–H groups in total. The fraction of sp³-hybridized carbons (Fsp3) is 0. The molecule has 0 aliphatic heterocycles. The molecular weight excluding hydrogens is 296 g/mol. The summed E-state index contributed by atoms with van der Waals surface area (Å²) in [6.07, 6.45) is 1.45. The third-order valence-corrected chi connectivity index (χ3v) is 2.35. The largest absolute Gasteiger partial charge is 0.375 e. The Bertz CT molecular complexity index is 463. The van der Waals surface area contributed by atoms with Gasteiger partial charge in [0.2, 0.25) is 0 Å². The summed E-state index contributed by atoms with van der Waals surface area (Å²) in [5.74, 6) is 0. The van der Waals surface area contributed by atoms with Crippen LogP contribution >= 0.6 is 28.1 Å². The van der Waals surface area contributed by atoms with Crippen molar-refractivity contribution in [2.24, 2.45) is 10.8 Å². The number of nitrogens with zero attached hydrogens (tertiary/aromatic N) is 2. The van der Waals surface area contributed by atoms with Crippen molar-refractivity contribution in [1.29, 1.82) is 0 Å². The number of thiocarbonyl (C=S) groups is 1. The quantitative estimate of drug-likeness (QED) is 0.382. The van der Waals surface area contributed by atoms with Crippen LogP contribution in [0.5, 0.6) is 0 Å². The standard InChI is InChI=1S/C8H7BrN4O2S/c9-7-3-6(13(14)15)2-1-5(7)4-11-12-8(10)16/h1-4H,(H3,10,12,16). The van der Waals surface area contributed by atoms with Crippen LogP contribution in [0.25, 0.3) is 0 Å². The summed E-state index contributed by atoms with van der Waals surface area (Å²) in [7, 11) is 0. The van der Waals surface area contributed by atoms with E-state index < -0.39 is 4.92 Å². The topological polar surface area (TPSA) is 93.5 Å². The predicted molar refractivity (Wildman–Crippen MR) is 68.3 cm³/mol. The summed E-state index contributed by atoms with van der Waals surface area (Å²) in [5, 5.41) is 14.3. The number of halogens is 1. The van der Waals surface area contributed by atoms with E-state index in [4.69, 9.17) is 5.73 Å². The fourth-order valence-corrected chi connectivity index (χ4v) is 1.42. The molecule has 0 aliphatic carbocycles. The summed E-state index contributed by atoms with van der Waals surface area (Å²) >= 11 is 7.75. The van der Waals surface area contributed by atoms with Gasteiger partial charge in [0.1, 0.15) is 0 Å². The van der Waals surface area contributed by atoms with E-state index in [0.29, 0.717) is 10.0 Å². The lowest BCUT2D eigenvalue weighted by Crippen LogP contribution is -2.24. The van der Waals surface area contributed by atoms with Gasteiger partial charge in [-0.25, -0.2) is 0 Å². The van der Waals surface area contributed by atoms with Gasteiger partial charge in [0.15, 0.2) is 5.11 Å². The lowest BCUT2D eigenvalue weighted by molar-refractivity contribution is -0.384. The van der Waals surface area contributed by atoms with Crippen LogP contribution in [0.3, 0.4) is 0 Å². The summed E-state index contributed by atoms with van der Waals surface area (Å²) in [4.78, 5) is 10.00. The van der Waals surface area contributed by atoms with Crippen molar-refractivity contribution in [3.05, 3.63) is 38.3 Å². The number of hydrogen-bond donors (Lipinski definition) is 2. The first kappa shape index (κ1) is 12.5. The molecule has 1 aromatic carbocycles. The number of rotatable bonds is 3. The van der Waals surface area contributed by atoms with Crippen LogP contribution in [0.2, 0.25) is 0 Å². The third kappa shape index (κ3) is 3.55. The fourth-order valence-electron chi connectivity index (χ4n) is 0.900. The smallest absolute Gasteiger partial charge is 0.270 e. The zero-order valence-corrected chi connectivity index (χ0v) is 10.3. The van der Waals surface area contributed by atoms with Gasteiger partial charge in [-0.2, -0.15) is 5.10 Å². The van der Waals surface area contributed by atoms with Crippen LogP contribution < -0.4 is 11.2 Å². The summed E-state index contributed by atoms with van der Waals surface area (Å²) in [5.41, 5.74) is 8.23. The molecule has 0 saturated carbocycles. The van der Waals surface area contributed by atoms with Gasteiger partial charge in [-0.15, -0.1) is 0 Å². The maximum absolute atomic E-state index is 10.5. The molecule has 1 aromatic rings. The number of nitrogens with two attached hydrogens (primary N) is 1. The van der Waals surface area contributed by atoms with Crippen LogP contribution in [0.1, 0.15) is 5.56 Å². The maximum atomic E-state index is 10.5. The zero-order valence-electron chi connectivity index (χ0n) is 7.88. The number of nitro benzene ring substituents is 1. The second-order valence-corrected chi connectivity index (χ2v) is 3.99. The van der Waals surface area contributed by atoms with Gasteiger partial charge in [0.05, 0.1) is 11.1 Å². The molecule has 0 bridgehead atoms. The van der Waals surface area contributed by atoms with E-state index in [1.165, 1.54) is 18.3 Å². The molecule has 84 valence electrons. The first-order valence-electron chi connectivity index (χ1n) is 4.03. The van der Waals surface area contributed by atoms with E-state index in [-0.39, 0.29) is 10.8 Å². The normalized spacial score (nSPS) is 10.3. The minimum absolute atomic E-state index is 0.00586. The highest BCUT2D eigenvalue weighted by Crippen LogP contribution is 2.21. The van der Waals surface area contributed by atoms with E-state index in [9.17, 15) is 10.1 Å². The first-order chi connectivity index (χ1) is 7.50. The van der Waals surface area contributed by atoms with Crippen LogP contribution in [-0.4, -0.2) is 16.3 Å². The highest BCUT2D eigenvalue weighted by atomic mass is 79.9. The molecular formula is C8H7BrN4O2S. The van der Waals surface area contributed by atoms with Crippen LogP contribution in [0, 0.1) is 10.1 Å². The maximum Gasteiger partial charge on any atom is 0.270 e. The molecule has 16 heavy (non-hydrogen) atoms. The van der Waals surface area contributed by atoms with Crippen LogP contribution in [0.4, 0.5) is 5.69 Å². The Morgan fingerprint density at radius 2 is 2.38 bits per heavy atom. The van der Waals surface area contributed by atoms with Gasteiger partial charge >= 0.3 is 0 Å². The number of hydrogen-bond acceptors (Lipinski definition) is 4. The van der Waals surface area contributed by atoms with Gasteiger partial charge in [-0.05, 0) is 34.2 Å². The molecule has 0 aromatic heterocycles. The van der Waals surface area contributed by atoms with E-state index in [0.717, 1.165) is 0 Å². The monoisotopic (exact) mass is 302 g/mol. The van der Waals surface area contributed by atoms with E-state index in [1.807, 2.05) is 0 Å². The van der Waals surface area contributed by atoms with Crippen molar-refractivity contribution >= 4 is 45.2 Å². The average molecular weight is 303 g/mol. The molecule has 0 saturated heterocycles. The van der Waals surface area contributed by atoms with E-state index in [2.05, 4.69) is 38.7 Å². The lowest BCUT2D eigenvalue weighted by Gasteiger charge is -1.98. The minimum atomic E-state index is -0.473. The summed E-state index contributed by atoms with van der Waals surface area (Å²) < 4.78 is 0.565. The zero-order chi connectivity index (χ0) is 12.1. The number of nitrogens with one attached hydrogen (secondary N) is 1. The summed E-state index contributed by atoms with van der Waals surface area (Å²) in [6.45, 7) is 0. The van der Waals surface area contributed by atoms with Crippen LogP contribution in [0.15, 0.2) is 27.8 Å². The van der Waals surface area contributed by atoms with Crippen molar-refractivity contribution in [2.75, 3.05) is 0 Å². The predicted octanol–water partition coefficient (Wildman–Crippen LogP) is 1.52. The Morgan fingerprint density at radius 1 is 1.69 bits per heavy atom. The first-order valence-corrected chi connectivity index (χ1v) is 5.23.